The average molecular weight is 305 g/mol. The second-order valence-corrected chi connectivity index (χ2v) is 5.91. The van der Waals surface area contributed by atoms with Crippen molar-refractivity contribution in [3.63, 3.8) is 0 Å². The summed E-state index contributed by atoms with van der Waals surface area (Å²) >= 11 is 7.21. The van der Waals surface area contributed by atoms with Crippen LogP contribution < -0.4 is 4.90 Å². The van der Waals surface area contributed by atoms with E-state index in [-0.39, 0.29) is 5.15 Å². The Kier molecular flexibility index (Phi) is 5.01. The lowest BCUT2D eigenvalue weighted by atomic mass is 10.0. The van der Waals surface area contributed by atoms with Gasteiger partial charge in [0.2, 0.25) is 0 Å². The maximum absolute atomic E-state index is 11.5. The minimum absolute atomic E-state index is 0.207. The molecule has 1 aromatic rings. The fraction of sp³-hybridized carbons (Fsp3) is 0.667. The van der Waals surface area contributed by atoms with Gasteiger partial charge in [0.15, 0.2) is 15.2 Å². The van der Waals surface area contributed by atoms with E-state index < -0.39 is 5.97 Å². The van der Waals surface area contributed by atoms with Crippen molar-refractivity contribution in [3.8, 4) is 0 Å². The monoisotopic (exact) mass is 304 g/mol. The number of nitrogens with zero attached hydrogens (tertiary/aromatic N) is 2. The van der Waals surface area contributed by atoms with Crippen molar-refractivity contribution in [2.45, 2.75) is 12.8 Å². The molecule has 0 spiro atoms. The molecule has 0 N–H and O–H groups in total. The number of esters is 1. The molecule has 1 atom stereocenters. The van der Waals surface area contributed by atoms with Crippen molar-refractivity contribution in [2.75, 3.05) is 38.8 Å². The van der Waals surface area contributed by atoms with E-state index in [1.165, 1.54) is 18.4 Å². The Morgan fingerprint density at radius 2 is 2.47 bits per heavy atom. The first-order valence-corrected chi connectivity index (χ1v) is 7.34. The van der Waals surface area contributed by atoms with E-state index in [9.17, 15) is 4.79 Å². The van der Waals surface area contributed by atoms with Gasteiger partial charge >= 0.3 is 5.97 Å². The zero-order valence-corrected chi connectivity index (χ0v) is 12.6. The molecule has 2 heterocycles. The van der Waals surface area contributed by atoms with Crippen LogP contribution in [0.2, 0.25) is 5.15 Å². The van der Waals surface area contributed by atoms with Crippen LogP contribution in [0.4, 0.5) is 5.13 Å². The fourth-order valence-corrected chi connectivity index (χ4v) is 3.26. The minimum Gasteiger partial charge on any atom is -0.465 e. The van der Waals surface area contributed by atoms with Crippen LogP contribution >= 0.6 is 22.9 Å². The van der Waals surface area contributed by atoms with Gasteiger partial charge in [-0.2, -0.15) is 0 Å². The summed E-state index contributed by atoms with van der Waals surface area (Å²) in [6, 6.07) is 0. The normalized spacial score (nSPS) is 19.2. The molecule has 0 amide bonds. The summed E-state index contributed by atoms with van der Waals surface area (Å²) < 4.78 is 10.1. The van der Waals surface area contributed by atoms with Gasteiger partial charge in [-0.1, -0.05) is 22.9 Å². The molecule has 2 rings (SSSR count). The second kappa shape index (κ2) is 6.54. The highest BCUT2D eigenvalue weighted by Crippen LogP contribution is 2.30. The van der Waals surface area contributed by atoms with E-state index >= 15 is 0 Å². The van der Waals surface area contributed by atoms with Crippen molar-refractivity contribution in [2.24, 2.45) is 5.92 Å². The topological polar surface area (TPSA) is 51.7 Å². The molecular formula is C12H17ClN2O3S. The molecule has 1 aliphatic heterocycles. The summed E-state index contributed by atoms with van der Waals surface area (Å²) in [7, 11) is 3.28. The Morgan fingerprint density at radius 1 is 1.68 bits per heavy atom. The number of hydrogen-bond acceptors (Lipinski definition) is 6. The quantitative estimate of drug-likeness (QED) is 0.800. The Labute approximate surface area is 121 Å². The van der Waals surface area contributed by atoms with Crippen LogP contribution in [0.25, 0.3) is 0 Å². The van der Waals surface area contributed by atoms with Crippen LogP contribution in [0.5, 0.6) is 0 Å². The van der Waals surface area contributed by atoms with Gasteiger partial charge in [-0.15, -0.1) is 0 Å². The fourth-order valence-electron chi connectivity index (χ4n) is 2.09. The van der Waals surface area contributed by atoms with Gasteiger partial charge in [-0.25, -0.2) is 9.78 Å². The number of hydrogen-bond donors (Lipinski definition) is 0. The predicted molar refractivity (Wildman–Crippen MR) is 75.3 cm³/mol. The van der Waals surface area contributed by atoms with Gasteiger partial charge in [-0.3, -0.25) is 0 Å². The zero-order valence-electron chi connectivity index (χ0n) is 11.0. The van der Waals surface area contributed by atoms with Crippen molar-refractivity contribution in [1.82, 2.24) is 4.98 Å². The van der Waals surface area contributed by atoms with Crippen molar-refractivity contribution in [1.29, 1.82) is 0 Å². The van der Waals surface area contributed by atoms with E-state index in [0.717, 1.165) is 37.7 Å². The van der Waals surface area contributed by atoms with Crippen LogP contribution in [0.3, 0.4) is 0 Å². The van der Waals surface area contributed by atoms with E-state index in [0.29, 0.717) is 10.8 Å². The molecule has 106 valence electrons. The molecular weight excluding hydrogens is 288 g/mol. The highest BCUT2D eigenvalue weighted by atomic mass is 35.5. The van der Waals surface area contributed by atoms with Gasteiger partial charge in [-0.05, 0) is 18.8 Å². The molecule has 1 saturated heterocycles. The van der Waals surface area contributed by atoms with Gasteiger partial charge in [0.05, 0.1) is 13.7 Å². The summed E-state index contributed by atoms with van der Waals surface area (Å²) in [6.45, 7) is 2.49. The lowest BCUT2D eigenvalue weighted by Gasteiger charge is -2.26. The third-order valence-corrected chi connectivity index (χ3v) is 4.59. The molecule has 1 unspecified atom stereocenters. The van der Waals surface area contributed by atoms with Gasteiger partial charge in [0.1, 0.15) is 0 Å². The van der Waals surface area contributed by atoms with Crippen molar-refractivity contribution < 1.29 is 14.3 Å². The molecule has 1 aromatic heterocycles. The number of carbonyl (C=O) groups excluding carboxylic acids is 1. The Bertz CT molecular complexity index is 446. The molecule has 5 nitrogen and oxygen atoms in total. The molecule has 0 radical (unpaired) electrons. The lowest BCUT2D eigenvalue weighted by Crippen LogP contribution is -2.30. The molecule has 7 heteroatoms. The van der Waals surface area contributed by atoms with E-state index in [4.69, 9.17) is 16.3 Å². The van der Waals surface area contributed by atoms with E-state index in [1.54, 1.807) is 0 Å². The highest BCUT2D eigenvalue weighted by molar-refractivity contribution is 7.18. The van der Waals surface area contributed by atoms with Crippen LogP contribution in [0.15, 0.2) is 0 Å². The number of ether oxygens (including phenoxy) is 2. The summed E-state index contributed by atoms with van der Waals surface area (Å²) in [6.07, 6.45) is 2.26. The number of aromatic nitrogens is 1. The van der Waals surface area contributed by atoms with Gasteiger partial charge < -0.3 is 14.4 Å². The molecule has 1 aliphatic rings. The minimum atomic E-state index is -0.442. The maximum Gasteiger partial charge on any atom is 0.351 e. The third kappa shape index (κ3) is 3.58. The first-order valence-electron chi connectivity index (χ1n) is 6.15. The Morgan fingerprint density at radius 3 is 3.11 bits per heavy atom. The predicted octanol–water partition coefficient (Wildman–Crippen LogP) is 2.45. The molecule has 19 heavy (non-hydrogen) atoms. The SMILES string of the molecule is COC(=O)c1sc(N(C)CC2CCCOC2)nc1Cl. The number of halogens is 1. The van der Waals surface area contributed by atoms with E-state index in [2.05, 4.69) is 9.72 Å². The lowest BCUT2D eigenvalue weighted by molar-refractivity contribution is 0.0576. The number of rotatable bonds is 4. The van der Waals surface area contributed by atoms with Crippen LogP contribution in [-0.2, 0) is 9.47 Å². The third-order valence-electron chi connectivity index (χ3n) is 3.06. The second-order valence-electron chi connectivity index (χ2n) is 4.57. The first-order chi connectivity index (χ1) is 9.11. The average Bonchev–Trinajstić information content (AvgIpc) is 2.81. The standard InChI is InChI=1S/C12H17ClN2O3S/c1-15(6-8-4-3-5-18-7-8)12-14-10(13)9(19-12)11(16)17-2/h8H,3-7H2,1-2H3. The summed E-state index contributed by atoms with van der Waals surface area (Å²) in [5.41, 5.74) is 0. The maximum atomic E-state index is 11.5. The van der Waals surface area contributed by atoms with Crippen molar-refractivity contribution >= 4 is 34.0 Å². The zero-order chi connectivity index (χ0) is 13.8. The number of carbonyl (C=O) groups is 1. The highest BCUT2D eigenvalue weighted by Gasteiger charge is 2.21. The molecule has 0 bridgehead atoms. The van der Waals surface area contributed by atoms with Crippen LogP contribution in [0.1, 0.15) is 22.5 Å². The number of anilines is 1. The summed E-state index contributed by atoms with van der Waals surface area (Å²) in [5, 5.41) is 0.939. The molecule has 0 aromatic carbocycles. The molecule has 1 fully saturated rings. The number of methoxy groups -OCH3 is 1. The molecule has 0 saturated carbocycles. The Balaban J connectivity index is 2.02. The van der Waals surface area contributed by atoms with Crippen molar-refractivity contribution in [3.05, 3.63) is 10.0 Å². The summed E-state index contributed by atoms with van der Waals surface area (Å²) in [5.74, 6) is 0.0613. The van der Waals surface area contributed by atoms with E-state index in [1.807, 2.05) is 11.9 Å². The van der Waals surface area contributed by atoms with Crippen LogP contribution in [-0.4, -0.2) is 44.9 Å². The largest absolute Gasteiger partial charge is 0.465 e. The molecule has 0 aliphatic carbocycles. The first kappa shape index (κ1) is 14.6. The van der Waals surface area contributed by atoms with Gasteiger partial charge in [0, 0.05) is 20.2 Å². The van der Waals surface area contributed by atoms with Gasteiger partial charge in [0.25, 0.3) is 0 Å². The number of thiazole rings is 1. The Hall–Kier alpha value is -0.850. The van der Waals surface area contributed by atoms with Crippen LogP contribution in [0, 0.1) is 5.92 Å². The summed E-state index contributed by atoms with van der Waals surface area (Å²) in [4.78, 5) is 18.1. The smallest absolute Gasteiger partial charge is 0.351 e.